The van der Waals surface area contributed by atoms with E-state index >= 15 is 0 Å². The predicted molar refractivity (Wildman–Crippen MR) is 117 cm³/mol. The summed E-state index contributed by atoms with van der Waals surface area (Å²) in [6.07, 6.45) is 3.77. The van der Waals surface area contributed by atoms with Gasteiger partial charge in [0.15, 0.2) is 0 Å². The summed E-state index contributed by atoms with van der Waals surface area (Å²) in [5, 5.41) is 8.19. The van der Waals surface area contributed by atoms with Crippen molar-refractivity contribution in [2.75, 3.05) is 31.1 Å². The Labute approximate surface area is 181 Å². The molecule has 0 saturated carbocycles. The number of aromatic nitrogens is 2. The van der Waals surface area contributed by atoms with Crippen molar-refractivity contribution in [3.63, 3.8) is 0 Å². The quantitative estimate of drug-likeness (QED) is 0.789. The molecule has 8 heteroatoms. The van der Waals surface area contributed by atoms with Crippen LogP contribution in [0.2, 0.25) is 5.02 Å². The van der Waals surface area contributed by atoms with E-state index in [0.29, 0.717) is 17.3 Å². The maximum atomic E-state index is 12.5. The number of hydrogen-bond acceptors (Lipinski definition) is 5. The number of anilines is 1. The van der Waals surface area contributed by atoms with E-state index in [0.717, 1.165) is 56.8 Å². The second-order valence-corrected chi connectivity index (χ2v) is 8.42. The maximum absolute atomic E-state index is 12.5. The molecule has 2 aliphatic rings. The molecule has 4 rings (SSSR count). The minimum atomic E-state index is -0.206. The number of amides is 1. The van der Waals surface area contributed by atoms with Crippen molar-refractivity contribution in [3.05, 3.63) is 51.3 Å². The third-order valence-electron chi connectivity index (χ3n) is 5.90. The molecular weight excluding hydrogens is 404 g/mol. The molecule has 0 aliphatic carbocycles. The first-order chi connectivity index (χ1) is 14.5. The first-order valence-electron chi connectivity index (χ1n) is 10.5. The first-order valence-corrected chi connectivity index (χ1v) is 10.9. The van der Waals surface area contributed by atoms with Gasteiger partial charge in [-0.25, -0.2) is 0 Å². The SMILES string of the molecule is Cc1ccc(-n2nc(N3CCC(C(=O)NCC4CCCO4)CC3)ccc2=O)cc1Cl. The highest BCUT2D eigenvalue weighted by Crippen LogP contribution is 2.23. The summed E-state index contributed by atoms with van der Waals surface area (Å²) in [5.41, 5.74) is 1.38. The van der Waals surface area contributed by atoms with Crippen molar-refractivity contribution in [1.82, 2.24) is 15.1 Å². The van der Waals surface area contributed by atoms with Crippen LogP contribution in [0.1, 0.15) is 31.2 Å². The van der Waals surface area contributed by atoms with Gasteiger partial charge in [-0.1, -0.05) is 17.7 Å². The van der Waals surface area contributed by atoms with Gasteiger partial charge in [-0.2, -0.15) is 4.68 Å². The third-order valence-corrected chi connectivity index (χ3v) is 6.31. The van der Waals surface area contributed by atoms with Crippen molar-refractivity contribution in [2.45, 2.75) is 38.7 Å². The van der Waals surface area contributed by atoms with Crippen LogP contribution < -0.4 is 15.8 Å². The van der Waals surface area contributed by atoms with Crippen LogP contribution in [0.25, 0.3) is 5.69 Å². The second kappa shape index (κ2) is 9.18. The van der Waals surface area contributed by atoms with Crippen LogP contribution >= 0.6 is 11.6 Å². The molecule has 7 nitrogen and oxygen atoms in total. The van der Waals surface area contributed by atoms with Crippen LogP contribution in [0.5, 0.6) is 0 Å². The Morgan fingerprint density at radius 2 is 2.03 bits per heavy atom. The Hall–Kier alpha value is -2.38. The topological polar surface area (TPSA) is 76.5 Å². The number of benzene rings is 1. The lowest BCUT2D eigenvalue weighted by molar-refractivity contribution is -0.126. The smallest absolute Gasteiger partial charge is 0.271 e. The van der Waals surface area contributed by atoms with E-state index in [-0.39, 0.29) is 23.5 Å². The Morgan fingerprint density at radius 1 is 1.23 bits per heavy atom. The largest absolute Gasteiger partial charge is 0.376 e. The Balaban J connectivity index is 1.39. The highest BCUT2D eigenvalue weighted by molar-refractivity contribution is 6.31. The second-order valence-electron chi connectivity index (χ2n) is 8.02. The van der Waals surface area contributed by atoms with Gasteiger partial charge in [0.1, 0.15) is 5.82 Å². The lowest BCUT2D eigenvalue weighted by Gasteiger charge is -2.32. The molecular formula is C22H27ClN4O3. The maximum Gasteiger partial charge on any atom is 0.271 e. The lowest BCUT2D eigenvalue weighted by atomic mass is 9.96. The Kier molecular flexibility index (Phi) is 6.39. The van der Waals surface area contributed by atoms with Crippen LogP contribution in [-0.4, -0.2) is 48.0 Å². The van der Waals surface area contributed by atoms with E-state index in [4.69, 9.17) is 16.3 Å². The predicted octanol–water partition coefficient (Wildman–Crippen LogP) is 2.71. The number of piperidine rings is 1. The lowest BCUT2D eigenvalue weighted by Crippen LogP contribution is -2.43. The zero-order valence-corrected chi connectivity index (χ0v) is 17.9. The summed E-state index contributed by atoms with van der Waals surface area (Å²) in [7, 11) is 0. The van der Waals surface area contributed by atoms with Gasteiger partial charge in [0.25, 0.3) is 5.56 Å². The molecule has 1 amide bonds. The fraction of sp³-hybridized carbons (Fsp3) is 0.500. The fourth-order valence-electron chi connectivity index (χ4n) is 4.00. The average molecular weight is 431 g/mol. The number of ether oxygens (including phenoxy) is 1. The number of carbonyl (C=O) groups is 1. The molecule has 1 aromatic carbocycles. The Morgan fingerprint density at radius 3 is 2.73 bits per heavy atom. The normalized spacial score (nSPS) is 19.8. The van der Waals surface area contributed by atoms with Gasteiger partial charge in [0.05, 0.1) is 11.8 Å². The standard InChI is InChI=1S/C22H27ClN4O3/c1-15-4-5-17(13-19(15)23)27-21(28)7-6-20(25-27)26-10-8-16(9-11-26)22(29)24-14-18-3-2-12-30-18/h4-7,13,16,18H,2-3,8-12,14H2,1H3,(H,24,29). The summed E-state index contributed by atoms with van der Waals surface area (Å²) >= 11 is 6.22. The highest BCUT2D eigenvalue weighted by Gasteiger charge is 2.27. The molecule has 2 aromatic rings. The Bertz CT molecular complexity index is 963. The van der Waals surface area contributed by atoms with E-state index in [1.165, 1.54) is 10.7 Å². The van der Waals surface area contributed by atoms with Gasteiger partial charge >= 0.3 is 0 Å². The zero-order valence-electron chi connectivity index (χ0n) is 17.1. The number of halogens is 1. The van der Waals surface area contributed by atoms with Gasteiger partial charge in [-0.15, -0.1) is 5.10 Å². The molecule has 2 fully saturated rings. The monoisotopic (exact) mass is 430 g/mol. The third kappa shape index (κ3) is 4.68. The molecule has 3 heterocycles. The molecule has 160 valence electrons. The van der Waals surface area contributed by atoms with Gasteiger partial charge in [0.2, 0.25) is 5.91 Å². The molecule has 2 saturated heterocycles. The summed E-state index contributed by atoms with van der Waals surface area (Å²) in [4.78, 5) is 27.0. The molecule has 0 radical (unpaired) electrons. The first kappa shape index (κ1) is 20.9. The summed E-state index contributed by atoms with van der Waals surface area (Å²) in [6, 6.07) is 8.73. The number of carbonyl (C=O) groups excluding carboxylic acids is 1. The molecule has 0 spiro atoms. The van der Waals surface area contributed by atoms with E-state index in [1.807, 2.05) is 19.1 Å². The van der Waals surface area contributed by atoms with Gasteiger partial charge in [-0.05, 0) is 56.4 Å². The van der Waals surface area contributed by atoms with E-state index in [9.17, 15) is 9.59 Å². The van der Waals surface area contributed by atoms with E-state index in [1.54, 1.807) is 12.1 Å². The van der Waals surface area contributed by atoms with E-state index < -0.39 is 0 Å². The number of rotatable bonds is 5. The molecule has 1 unspecified atom stereocenters. The minimum absolute atomic E-state index is 0.00413. The molecule has 1 atom stereocenters. The van der Waals surface area contributed by atoms with E-state index in [2.05, 4.69) is 15.3 Å². The summed E-state index contributed by atoms with van der Waals surface area (Å²) in [6.45, 7) is 4.75. The number of aryl methyl sites for hydroxylation is 1. The van der Waals surface area contributed by atoms with Gasteiger partial charge in [0, 0.05) is 43.2 Å². The van der Waals surface area contributed by atoms with Crippen molar-refractivity contribution in [1.29, 1.82) is 0 Å². The van der Waals surface area contributed by atoms with Gasteiger partial charge in [-0.3, -0.25) is 9.59 Å². The van der Waals surface area contributed by atoms with Gasteiger partial charge < -0.3 is 15.0 Å². The van der Waals surface area contributed by atoms with Crippen LogP contribution in [0.15, 0.2) is 35.1 Å². The molecule has 1 aromatic heterocycles. The highest BCUT2D eigenvalue weighted by atomic mass is 35.5. The van der Waals surface area contributed by atoms with Crippen molar-refractivity contribution in [3.8, 4) is 5.69 Å². The number of hydrogen-bond donors (Lipinski definition) is 1. The summed E-state index contributed by atoms with van der Waals surface area (Å²) < 4.78 is 6.95. The van der Waals surface area contributed by atoms with Crippen LogP contribution in [0.3, 0.4) is 0 Å². The molecule has 30 heavy (non-hydrogen) atoms. The molecule has 1 N–H and O–H groups in total. The average Bonchev–Trinajstić information content (AvgIpc) is 3.28. The van der Waals surface area contributed by atoms with Crippen LogP contribution in [0.4, 0.5) is 5.82 Å². The summed E-state index contributed by atoms with van der Waals surface area (Å²) in [5.74, 6) is 0.839. The fourth-order valence-corrected chi connectivity index (χ4v) is 4.18. The van der Waals surface area contributed by atoms with Crippen LogP contribution in [-0.2, 0) is 9.53 Å². The van der Waals surface area contributed by atoms with Crippen molar-refractivity contribution < 1.29 is 9.53 Å². The minimum Gasteiger partial charge on any atom is -0.376 e. The molecule has 0 bridgehead atoms. The van der Waals surface area contributed by atoms with Crippen molar-refractivity contribution in [2.24, 2.45) is 5.92 Å². The number of nitrogens with one attached hydrogen (secondary N) is 1. The van der Waals surface area contributed by atoms with Crippen molar-refractivity contribution >= 4 is 23.3 Å². The molecule has 2 aliphatic heterocycles. The van der Waals surface area contributed by atoms with Crippen LogP contribution in [0, 0.1) is 12.8 Å². The number of nitrogens with zero attached hydrogens (tertiary/aromatic N) is 3. The zero-order chi connectivity index (χ0) is 21.1.